The Morgan fingerprint density at radius 2 is 0.976 bits per heavy atom. The first kappa shape index (κ1) is 25.8. The maximum Gasteiger partial charge on any atom is 0.133 e. The summed E-state index contributed by atoms with van der Waals surface area (Å²) in [5.74, 6) is 0. The van der Waals surface area contributed by atoms with Crippen LogP contribution in [0.25, 0.3) is 55.0 Å². The highest BCUT2D eigenvalue weighted by Gasteiger charge is 2.18. The maximum atomic E-state index is 13.8. The molecule has 6 aromatic carbocycles. The van der Waals surface area contributed by atoms with E-state index >= 15 is 0 Å². The third kappa shape index (κ3) is 3.95. The second-order valence-corrected chi connectivity index (χ2v) is 13.8. The highest BCUT2D eigenvalue weighted by atomic mass is 79.9. The van der Waals surface area contributed by atoms with Crippen molar-refractivity contribution in [2.75, 3.05) is 0 Å². The summed E-state index contributed by atoms with van der Waals surface area (Å²) in [6.07, 6.45) is 0. The van der Waals surface area contributed by atoms with Gasteiger partial charge in [0.1, 0.15) is 7.80 Å². The first-order valence-electron chi connectivity index (χ1n) is 13.7. The van der Waals surface area contributed by atoms with Gasteiger partial charge in [0.2, 0.25) is 0 Å². The first-order chi connectivity index (χ1) is 20.6. The summed E-state index contributed by atoms with van der Waals surface area (Å²) in [6, 6.07) is 46.4. The molecular formula is C36H23Br2N2OP. The summed E-state index contributed by atoms with van der Waals surface area (Å²) in [6.45, 7) is 0. The minimum absolute atomic E-state index is 0.816. The Kier molecular flexibility index (Phi) is 6.22. The van der Waals surface area contributed by atoms with Crippen LogP contribution in [0, 0.1) is 0 Å². The molecule has 1 unspecified atom stereocenters. The maximum absolute atomic E-state index is 13.8. The second kappa shape index (κ2) is 10.1. The van der Waals surface area contributed by atoms with Crippen LogP contribution in [-0.2, 0) is 4.57 Å². The Morgan fingerprint density at radius 3 is 1.57 bits per heavy atom. The van der Waals surface area contributed by atoms with Crippen LogP contribution in [0.3, 0.4) is 0 Å². The molecule has 6 heteroatoms. The van der Waals surface area contributed by atoms with E-state index in [-0.39, 0.29) is 0 Å². The van der Waals surface area contributed by atoms with E-state index in [1.807, 2.05) is 24.3 Å². The fourth-order valence-electron chi connectivity index (χ4n) is 6.20. The van der Waals surface area contributed by atoms with Crippen LogP contribution >= 0.6 is 39.7 Å². The predicted molar refractivity (Wildman–Crippen MR) is 185 cm³/mol. The number of para-hydroxylation sites is 3. The van der Waals surface area contributed by atoms with Gasteiger partial charge in [-0.15, -0.1) is 0 Å². The first-order valence-corrected chi connectivity index (χ1v) is 16.7. The molecule has 2 aromatic heterocycles. The molecule has 0 saturated carbocycles. The molecule has 2 heterocycles. The van der Waals surface area contributed by atoms with Gasteiger partial charge in [-0.2, -0.15) is 0 Å². The third-order valence-electron chi connectivity index (χ3n) is 8.06. The van der Waals surface area contributed by atoms with E-state index in [2.05, 4.69) is 150 Å². The molecule has 0 amide bonds. The molecule has 8 rings (SSSR count). The topological polar surface area (TPSA) is 26.9 Å². The second-order valence-electron chi connectivity index (χ2n) is 10.4. The fraction of sp³-hybridized carbons (Fsp3) is 0. The van der Waals surface area contributed by atoms with Crippen molar-refractivity contribution in [3.05, 3.63) is 142 Å². The van der Waals surface area contributed by atoms with Crippen molar-refractivity contribution in [1.82, 2.24) is 9.13 Å². The number of benzene rings is 6. The molecule has 42 heavy (non-hydrogen) atoms. The van der Waals surface area contributed by atoms with Crippen molar-refractivity contribution in [2.45, 2.75) is 0 Å². The van der Waals surface area contributed by atoms with Gasteiger partial charge in [0, 0.05) is 52.5 Å². The van der Waals surface area contributed by atoms with Crippen LogP contribution in [0.2, 0.25) is 0 Å². The molecule has 0 bridgehead atoms. The van der Waals surface area contributed by atoms with E-state index in [4.69, 9.17) is 0 Å². The Morgan fingerprint density at radius 1 is 0.476 bits per heavy atom. The number of aromatic nitrogens is 2. The Bertz CT molecular complexity index is 2320. The number of rotatable bonds is 4. The number of halogens is 2. The van der Waals surface area contributed by atoms with Crippen molar-refractivity contribution in [3.63, 3.8) is 0 Å². The lowest BCUT2D eigenvalue weighted by Crippen LogP contribution is -2.08. The van der Waals surface area contributed by atoms with E-state index in [0.717, 1.165) is 52.7 Å². The van der Waals surface area contributed by atoms with E-state index in [9.17, 15) is 4.57 Å². The van der Waals surface area contributed by atoms with Crippen LogP contribution in [-0.4, -0.2) is 9.13 Å². The standard InChI is InChI=1S/C36H23Br2N2OP/c37-30-14-8-18-35(36(30)38)42(41)25-19-20-34-29(22-25)28-13-3-6-17-33(28)40(34)24-10-7-9-23(21-24)39-31-15-4-1-11-26(31)27-12-2-5-16-32(27)39/h1-22,42H. The number of fused-ring (bicyclic) bond motifs is 6. The van der Waals surface area contributed by atoms with E-state index < -0.39 is 7.80 Å². The fourth-order valence-corrected chi connectivity index (χ4v) is 8.96. The highest BCUT2D eigenvalue weighted by Crippen LogP contribution is 2.37. The lowest BCUT2D eigenvalue weighted by molar-refractivity contribution is 0.598. The third-order valence-corrected chi connectivity index (χ3v) is 12.2. The smallest absolute Gasteiger partial charge is 0.133 e. The van der Waals surface area contributed by atoms with Gasteiger partial charge in [-0.3, -0.25) is 0 Å². The van der Waals surface area contributed by atoms with Crippen molar-refractivity contribution in [1.29, 1.82) is 0 Å². The number of nitrogens with zero attached hydrogens (tertiary/aromatic N) is 2. The molecule has 0 aliphatic carbocycles. The van der Waals surface area contributed by atoms with Gasteiger partial charge in [-0.1, -0.05) is 72.8 Å². The largest absolute Gasteiger partial charge is 0.317 e. The van der Waals surface area contributed by atoms with Crippen LogP contribution in [0.15, 0.2) is 142 Å². The molecule has 8 aromatic rings. The van der Waals surface area contributed by atoms with Gasteiger partial charge < -0.3 is 13.7 Å². The Balaban J connectivity index is 1.33. The molecule has 0 saturated heterocycles. The summed E-state index contributed by atoms with van der Waals surface area (Å²) in [5.41, 5.74) is 6.76. The van der Waals surface area contributed by atoms with Crippen molar-refractivity contribution in [3.8, 4) is 11.4 Å². The number of hydrogen-bond donors (Lipinski definition) is 0. The van der Waals surface area contributed by atoms with E-state index in [1.165, 1.54) is 21.8 Å². The average Bonchev–Trinajstić information content (AvgIpc) is 3.55. The molecule has 202 valence electrons. The lowest BCUT2D eigenvalue weighted by Gasteiger charge is -2.13. The zero-order chi connectivity index (χ0) is 28.4. The predicted octanol–water partition coefficient (Wildman–Crippen LogP) is 9.92. The monoisotopic (exact) mass is 688 g/mol. The van der Waals surface area contributed by atoms with Crippen molar-refractivity contribution >= 4 is 93.9 Å². The summed E-state index contributed by atoms with van der Waals surface area (Å²) in [4.78, 5) is 0. The van der Waals surface area contributed by atoms with E-state index in [1.54, 1.807) is 0 Å². The molecule has 0 N–H and O–H groups in total. The molecular weight excluding hydrogens is 667 g/mol. The average molecular weight is 690 g/mol. The molecule has 3 nitrogen and oxygen atoms in total. The van der Waals surface area contributed by atoms with Crippen molar-refractivity contribution < 1.29 is 4.57 Å². The SMILES string of the molecule is O=[PH](c1ccc2c(c1)c1ccccc1n2-c1cccc(-n2c3ccccc3c3ccccc32)c1)c1cccc(Br)c1Br. The molecule has 1 atom stereocenters. The van der Waals surface area contributed by atoms with Gasteiger partial charge >= 0.3 is 0 Å². The van der Waals surface area contributed by atoms with Gasteiger partial charge in [-0.25, -0.2) is 0 Å². The van der Waals surface area contributed by atoms with Crippen molar-refractivity contribution in [2.24, 2.45) is 0 Å². The highest BCUT2D eigenvalue weighted by molar-refractivity contribution is 9.13. The zero-order valence-corrected chi connectivity index (χ0v) is 26.4. The van der Waals surface area contributed by atoms with Gasteiger partial charge in [0.05, 0.1) is 22.1 Å². The van der Waals surface area contributed by atoms with Crippen LogP contribution in [0.1, 0.15) is 0 Å². The Hall–Kier alpha value is -3.89. The summed E-state index contributed by atoms with van der Waals surface area (Å²) < 4.78 is 20.2. The molecule has 0 aliphatic heterocycles. The molecule has 0 radical (unpaired) electrons. The van der Waals surface area contributed by atoms with Crippen LogP contribution in [0.5, 0.6) is 0 Å². The minimum atomic E-state index is -2.23. The summed E-state index contributed by atoms with van der Waals surface area (Å²) in [7, 11) is -2.23. The van der Waals surface area contributed by atoms with Gasteiger partial charge in [0.15, 0.2) is 0 Å². The summed E-state index contributed by atoms with van der Waals surface area (Å²) >= 11 is 7.19. The Labute approximate surface area is 260 Å². The molecule has 0 spiro atoms. The quantitative estimate of drug-likeness (QED) is 0.169. The van der Waals surface area contributed by atoms with Crippen LogP contribution in [0.4, 0.5) is 0 Å². The molecule has 0 aliphatic rings. The zero-order valence-electron chi connectivity index (χ0n) is 22.3. The van der Waals surface area contributed by atoms with Gasteiger partial charge in [0.25, 0.3) is 0 Å². The van der Waals surface area contributed by atoms with Gasteiger partial charge in [-0.05, 0) is 92.5 Å². The number of hydrogen-bond acceptors (Lipinski definition) is 1. The normalized spacial score (nSPS) is 12.5. The lowest BCUT2D eigenvalue weighted by atomic mass is 10.1. The molecule has 0 fully saturated rings. The van der Waals surface area contributed by atoms with E-state index in [0.29, 0.717) is 0 Å². The van der Waals surface area contributed by atoms with Crippen LogP contribution < -0.4 is 10.6 Å². The minimum Gasteiger partial charge on any atom is -0.317 e. The summed E-state index contributed by atoms with van der Waals surface area (Å²) in [5, 5.41) is 6.38.